The first-order valence-corrected chi connectivity index (χ1v) is 10.4. The Labute approximate surface area is 172 Å². The first kappa shape index (κ1) is 19.6. The molecule has 0 spiro atoms. The maximum Gasteiger partial charge on any atom is 0.223 e. The summed E-state index contributed by atoms with van der Waals surface area (Å²) in [7, 11) is -2.45. The molecular formula is C23H15FN2O3S. The van der Waals surface area contributed by atoms with Crippen LogP contribution in [0, 0.1) is 17.1 Å². The van der Waals surface area contributed by atoms with Gasteiger partial charge in [-0.15, -0.1) is 0 Å². The normalized spacial score (nSPS) is 11.2. The fourth-order valence-electron chi connectivity index (χ4n) is 3.17. The lowest BCUT2D eigenvalue weighted by Gasteiger charge is -2.12. The third-order valence-corrected chi connectivity index (χ3v) is 6.33. The van der Waals surface area contributed by atoms with Gasteiger partial charge in [-0.2, -0.15) is 5.26 Å². The average molecular weight is 418 g/mol. The number of halogens is 1. The quantitative estimate of drug-likeness (QED) is 0.478. The number of benzene rings is 3. The largest absolute Gasteiger partial charge is 0.497 e. The summed E-state index contributed by atoms with van der Waals surface area (Å²) in [6.07, 6.45) is 0. The lowest BCUT2D eigenvalue weighted by atomic mass is 10.0. The van der Waals surface area contributed by atoms with E-state index in [1.165, 1.54) is 48.5 Å². The number of ether oxygens (including phenoxy) is 1. The molecule has 0 saturated carbocycles. The van der Waals surface area contributed by atoms with Crippen LogP contribution in [-0.2, 0) is 9.84 Å². The van der Waals surface area contributed by atoms with Crippen molar-refractivity contribution in [2.75, 3.05) is 7.11 Å². The Morgan fingerprint density at radius 3 is 2.47 bits per heavy atom. The molecule has 0 fully saturated rings. The van der Waals surface area contributed by atoms with E-state index in [2.05, 4.69) is 4.98 Å². The van der Waals surface area contributed by atoms with Crippen molar-refractivity contribution in [3.63, 3.8) is 0 Å². The van der Waals surface area contributed by atoms with Crippen LogP contribution in [0.5, 0.6) is 5.75 Å². The van der Waals surface area contributed by atoms with Crippen molar-refractivity contribution in [2.24, 2.45) is 0 Å². The van der Waals surface area contributed by atoms with E-state index in [0.717, 1.165) is 0 Å². The van der Waals surface area contributed by atoms with Crippen LogP contribution in [-0.4, -0.2) is 20.5 Å². The monoisotopic (exact) mass is 418 g/mol. The molecule has 0 unspecified atom stereocenters. The van der Waals surface area contributed by atoms with E-state index in [0.29, 0.717) is 27.8 Å². The number of nitrogens with zero attached hydrogens (tertiary/aromatic N) is 2. The van der Waals surface area contributed by atoms with E-state index in [4.69, 9.17) is 10.00 Å². The van der Waals surface area contributed by atoms with E-state index in [1.54, 1.807) is 31.4 Å². The molecule has 0 bridgehead atoms. The lowest BCUT2D eigenvalue weighted by molar-refractivity contribution is 0.415. The number of rotatable bonds is 4. The topological polar surface area (TPSA) is 80.0 Å². The summed E-state index contributed by atoms with van der Waals surface area (Å²) >= 11 is 0. The maximum atomic E-state index is 13.9. The summed E-state index contributed by atoms with van der Waals surface area (Å²) < 4.78 is 45.6. The summed E-state index contributed by atoms with van der Waals surface area (Å²) in [5, 5.41) is 9.41. The Kier molecular flexibility index (Phi) is 4.94. The molecule has 0 radical (unpaired) electrons. The van der Waals surface area contributed by atoms with Crippen LogP contribution in [0.1, 0.15) is 5.56 Å². The van der Waals surface area contributed by atoms with Crippen molar-refractivity contribution in [1.82, 2.24) is 4.98 Å². The summed E-state index contributed by atoms with van der Waals surface area (Å²) in [6, 6.07) is 20.2. The fraction of sp³-hybridized carbons (Fsp3) is 0.0435. The van der Waals surface area contributed by atoms with Crippen molar-refractivity contribution in [3.05, 3.63) is 84.2 Å². The summed E-state index contributed by atoms with van der Waals surface area (Å²) in [4.78, 5) is 4.25. The zero-order valence-corrected chi connectivity index (χ0v) is 16.7. The Bertz CT molecular complexity index is 1410. The highest BCUT2D eigenvalue weighted by molar-refractivity contribution is 7.91. The zero-order valence-electron chi connectivity index (χ0n) is 15.8. The number of hydrogen-bond acceptors (Lipinski definition) is 5. The van der Waals surface area contributed by atoms with Gasteiger partial charge in [0.1, 0.15) is 11.6 Å². The van der Waals surface area contributed by atoms with Gasteiger partial charge in [0.15, 0.2) is 5.03 Å². The van der Waals surface area contributed by atoms with Crippen LogP contribution in [0.2, 0.25) is 0 Å². The molecule has 0 N–H and O–H groups in total. The second-order valence-corrected chi connectivity index (χ2v) is 8.44. The first-order chi connectivity index (χ1) is 14.4. The van der Waals surface area contributed by atoms with Crippen LogP contribution in [0.4, 0.5) is 4.39 Å². The SMILES string of the molecule is COc1ccc(-c2cc(S(=O)(=O)c3cccc(C#N)c3)nc3ccc(F)cc23)cc1. The van der Waals surface area contributed by atoms with Crippen molar-refractivity contribution >= 4 is 20.7 Å². The molecule has 0 atom stereocenters. The number of methoxy groups -OCH3 is 1. The maximum absolute atomic E-state index is 13.9. The molecule has 7 heteroatoms. The molecule has 0 aliphatic rings. The van der Waals surface area contributed by atoms with Crippen LogP contribution in [0.15, 0.2) is 82.7 Å². The van der Waals surface area contributed by atoms with Crippen LogP contribution >= 0.6 is 0 Å². The van der Waals surface area contributed by atoms with Gasteiger partial charge in [0.2, 0.25) is 9.84 Å². The highest BCUT2D eigenvalue weighted by atomic mass is 32.2. The minimum absolute atomic E-state index is 0.0313. The predicted octanol–water partition coefficient (Wildman–Crippen LogP) is 4.75. The van der Waals surface area contributed by atoms with Gasteiger partial charge >= 0.3 is 0 Å². The molecule has 3 aromatic carbocycles. The predicted molar refractivity (Wildman–Crippen MR) is 110 cm³/mol. The number of pyridine rings is 1. The van der Waals surface area contributed by atoms with Crippen molar-refractivity contribution < 1.29 is 17.5 Å². The molecule has 0 aliphatic carbocycles. The molecule has 0 saturated heterocycles. The molecule has 30 heavy (non-hydrogen) atoms. The average Bonchev–Trinajstić information content (AvgIpc) is 2.78. The Morgan fingerprint density at radius 1 is 1.00 bits per heavy atom. The van der Waals surface area contributed by atoms with E-state index in [-0.39, 0.29) is 15.5 Å². The fourth-order valence-corrected chi connectivity index (χ4v) is 4.45. The standard InChI is InChI=1S/C23H15FN2O3S/c1-29-18-8-5-16(6-9-18)20-13-23(26-22-10-7-17(24)12-21(20)22)30(27,28)19-4-2-3-15(11-19)14-25/h2-13H,1H3. The van der Waals surface area contributed by atoms with Gasteiger partial charge in [-0.3, -0.25) is 0 Å². The summed E-state index contributed by atoms with van der Waals surface area (Å²) in [5.41, 5.74) is 1.79. The minimum atomic E-state index is -4.00. The van der Waals surface area contributed by atoms with Gasteiger partial charge in [0.25, 0.3) is 0 Å². The number of fused-ring (bicyclic) bond motifs is 1. The molecule has 5 nitrogen and oxygen atoms in total. The number of aromatic nitrogens is 1. The molecule has 0 amide bonds. The van der Waals surface area contributed by atoms with Gasteiger partial charge in [-0.25, -0.2) is 17.8 Å². The molecule has 4 rings (SSSR count). The summed E-state index contributed by atoms with van der Waals surface area (Å²) in [6.45, 7) is 0. The van der Waals surface area contributed by atoms with E-state index < -0.39 is 15.7 Å². The van der Waals surface area contributed by atoms with E-state index in [1.807, 2.05) is 6.07 Å². The van der Waals surface area contributed by atoms with Gasteiger partial charge < -0.3 is 4.74 Å². The third kappa shape index (κ3) is 3.49. The van der Waals surface area contributed by atoms with Gasteiger partial charge in [0.05, 0.1) is 29.2 Å². The smallest absolute Gasteiger partial charge is 0.223 e. The molecule has 0 aliphatic heterocycles. The van der Waals surface area contributed by atoms with Crippen molar-refractivity contribution in [2.45, 2.75) is 9.92 Å². The van der Waals surface area contributed by atoms with Crippen molar-refractivity contribution in [3.8, 4) is 22.9 Å². The van der Waals surface area contributed by atoms with Gasteiger partial charge in [-0.05, 0) is 65.7 Å². The van der Waals surface area contributed by atoms with Crippen LogP contribution < -0.4 is 4.74 Å². The Morgan fingerprint density at radius 2 is 1.77 bits per heavy atom. The van der Waals surface area contributed by atoms with E-state index in [9.17, 15) is 12.8 Å². The van der Waals surface area contributed by atoms with Crippen LogP contribution in [0.25, 0.3) is 22.0 Å². The first-order valence-electron chi connectivity index (χ1n) is 8.92. The van der Waals surface area contributed by atoms with Crippen molar-refractivity contribution in [1.29, 1.82) is 5.26 Å². The van der Waals surface area contributed by atoms with Gasteiger partial charge in [0, 0.05) is 5.39 Å². The number of sulfone groups is 1. The van der Waals surface area contributed by atoms with Crippen LogP contribution in [0.3, 0.4) is 0 Å². The molecule has 148 valence electrons. The Hall–Kier alpha value is -3.76. The second kappa shape index (κ2) is 7.58. The van der Waals surface area contributed by atoms with E-state index >= 15 is 0 Å². The Balaban J connectivity index is 1.97. The second-order valence-electron chi connectivity index (χ2n) is 6.54. The minimum Gasteiger partial charge on any atom is -0.497 e. The molecule has 4 aromatic rings. The lowest BCUT2D eigenvalue weighted by Crippen LogP contribution is -2.06. The zero-order chi connectivity index (χ0) is 21.3. The summed E-state index contributed by atoms with van der Waals surface area (Å²) in [5.74, 6) is 0.195. The number of hydrogen-bond donors (Lipinski definition) is 0. The molecule has 1 aromatic heterocycles. The highest BCUT2D eigenvalue weighted by Gasteiger charge is 2.22. The highest BCUT2D eigenvalue weighted by Crippen LogP contribution is 2.33. The molecule has 1 heterocycles. The molecular weight excluding hydrogens is 403 g/mol. The third-order valence-electron chi connectivity index (χ3n) is 4.70. The van der Waals surface area contributed by atoms with Gasteiger partial charge in [-0.1, -0.05) is 18.2 Å². The number of nitriles is 1.